The van der Waals surface area contributed by atoms with Gasteiger partial charge in [0.15, 0.2) is 0 Å². The molecule has 0 aromatic heterocycles. The molecule has 0 radical (unpaired) electrons. The van der Waals surface area contributed by atoms with Crippen LogP contribution in [0.25, 0.3) is 0 Å². The van der Waals surface area contributed by atoms with E-state index in [4.69, 9.17) is 4.74 Å². The minimum absolute atomic E-state index is 0.0794. The molecular formula is C33H30N4O2. The molecule has 1 amide bonds. The molecule has 6 nitrogen and oxygen atoms in total. The van der Waals surface area contributed by atoms with E-state index in [0.717, 1.165) is 24.5 Å². The smallest absolute Gasteiger partial charge is 0.266 e. The van der Waals surface area contributed by atoms with Crippen molar-refractivity contribution in [3.8, 4) is 17.6 Å². The van der Waals surface area contributed by atoms with E-state index in [9.17, 15) is 10.1 Å². The van der Waals surface area contributed by atoms with Crippen LogP contribution >= 0.6 is 0 Å². The summed E-state index contributed by atoms with van der Waals surface area (Å²) in [4.78, 5) is 17.3. The Bertz CT molecular complexity index is 1380. The highest BCUT2D eigenvalue weighted by atomic mass is 16.5. The summed E-state index contributed by atoms with van der Waals surface area (Å²) in [5.41, 5.74) is 3.29. The molecule has 0 spiro atoms. The highest BCUT2D eigenvalue weighted by molar-refractivity contribution is 5.97. The number of nitriles is 1. The van der Waals surface area contributed by atoms with Crippen LogP contribution in [0.15, 0.2) is 127 Å². The molecule has 6 heteroatoms. The summed E-state index contributed by atoms with van der Waals surface area (Å²) >= 11 is 0. The second-order valence-electron chi connectivity index (χ2n) is 9.31. The quantitative estimate of drug-likeness (QED) is 0.223. The number of hydrogen-bond donors (Lipinski definition) is 1. The van der Waals surface area contributed by atoms with E-state index in [1.165, 1.54) is 17.3 Å². The predicted molar refractivity (Wildman–Crippen MR) is 153 cm³/mol. The van der Waals surface area contributed by atoms with Crippen molar-refractivity contribution in [3.63, 3.8) is 0 Å². The number of ether oxygens (including phenoxy) is 1. The van der Waals surface area contributed by atoms with Crippen molar-refractivity contribution >= 4 is 11.6 Å². The molecule has 0 atom stereocenters. The molecular weight excluding hydrogens is 484 g/mol. The van der Waals surface area contributed by atoms with Crippen LogP contribution in [0.1, 0.15) is 17.2 Å². The Morgan fingerprint density at radius 1 is 0.744 bits per heavy atom. The fourth-order valence-corrected chi connectivity index (χ4v) is 4.78. The van der Waals surface area contributed by atoms with Crippen molar-refractivity contribution in [2.24, 2.45) is 0 Å². The number of nitrogens with zero attached hydrogens (tertiary/aromatic N) is 3. The summed E-state index contributed by atoms with van der Waals surface area (Å²) in [6, 6.07) is 40.0. The van der Waals surface area contributed by atoms with Crippen LogP contribution in [0, 0.1) is 11.3 Å². The van der Waals surface area contributed by atoms with Crippen molar-refractivity contribution in [2.45, 2.75) is 6.04 Å². The average Bonchev–Trinajstić information content (AvgIpc) is 3.00. The van der Waals surface area contributed by atoms with E-state index in [1.54, 1.807) is 4.90 Å². The summed E-state index contributed by atoms with van der Waals surface area (Å²) < 4.78 is 5.82. The first kappa shape index (κ1) is 25.8. The number of amides is 1. The topological polar surface area (TPSA) is 68.6 Å². The lowest BCUT2D eigenvalue weighted by Gasteiger charge is -2.39. The van der Waals surface area contributed by atoms with Crippen molar-refractivity contribution < 1.29 is 9.53 Å². The summed E-state index contributed by atoms with van der Waals surface area (Å²) in [6.07, 6.45) is 1.48. The number of rotatable bonds is 8. The van der Waals surface area contributed by atoms with Gasteiger partial charge in [0.25, 0.3) is 5.91 Å². The minimum Gasteiger partial charge on any atom is -0.457 e. The van der Waals surface area contributed by atoms with Gasteiger partial charge in [-0.3, -0.25) is 9.69 Å². The van der Waals surface area contributed by atoms with E-state index >= 15 is 0 Å². The van der Waals surface area contributed by atoms with E-state index in [2.05, 4.69) is 64.8 Å². The molecule has 4 aromatic carbocycles. The molecule has 194 valence electrons. The minimum atomic E-state index is -0.260. The average molecular weight is 515 g/mol. The predicted octanol–water partition coefficient (Wildman–Crippen LogP) is 6.23. The van der Waals surface area contributed by atoms with Gasteiger partial charge >= 0.3 is 0 Å². The van der Waals surface area contributed by atoms with Crippen LogP contribution in [0.2, 0.25) is 0 Å². The third-order valence-electron chi connectivity index (χ3n) is 6.76. The second kappa shape index (κ2) is 12.6. The fourth-order valence-electron chi connectivity index (χ4n) is 4.78. The number of piperazine rings is 1. The first-order valence-electron chi connectivity index (χ1n) is 13.0. The number of carbonyl (C=O) groups is 1. The Kier molecular flexibility index (Phi) is 8.32. The van der Waals surface area contributed by atoms with E-state index in [-0.39, 0.29) is 17.5 Å². The molecule has 0 aliphatic carbocycles. The van der Waals surface area contributed by atoms with Gasteiger partial charge < -0.3 is 15.0 Å². The van der Waals surface area contributed by atoms with Gasteiger partial charge in [-0.2, -0.15) is 5.26 Å². The standard InChI is InChI=1S/C33H30N4O2/c34-24-28(25-35-29-16-18-31(19-17-29)39-30-14-8-3-9-15-30)33(38)37-22-20-36(21-23-37)32(26-10-4-1-5-11-26)27-12-6-2-7-13-27/h1-19,25,32,35H,20-23H2/b28-25-. The van der Waals surface area contributed by atoms with Gasteiger partial charge in [-0.15, -0.1) is 0 Å². The van der Waals surface area contributed by atoms with Gasteiger partial charge in [0, 0.05) is 38.1 Å². The van der Waals surface area contributed by atoms with E-state index in [1.807, 2.05) is 66.7 Å². The van der Waals surface area contributed by atoms with Crippen LogP contribution in [0.5, 0.6) is 11.5 Å². The van der Waals surface area contributed by atoms with Gasteiger partial charge in [-0.05, 0) is 47.5 Å². The molecule has 39 heavy (non-hydrogen) atoms. The SMILES string of the molecule is N#C/C(=C/Nc1ccc(Oc2ccccc2)cc1)C(=O)N1CCN(C(c2ccccc2)c2ccccc2)CC1. The molecule has 4 aromatic rings. The normalized spacial score (nSPS) is 14.1. The monoisotopic (exact) mass is 514 g/mol. The molecule has 1 fully saturated rings. The van der Waals surface area contributed by atoms with Gasteiger partial charge in [0.1, 0.15) is 23.1 Å². The lowest BCUT2D eigenvalue weighted by atomic mass is 9.96. The zero-order valence-electron chi connectivity index (χ0n) is 21.6. The van der Waals surface area contributed by atoms with Crippen LogP contribution in [0.3, 0.4) is 0 Å². The molecule has 0 saturated carbocycles. The van der Waals surface area contributed by atoms with E-state index < -0.39 is 0 Å². The third-order valence-corrected chi connectivity index (χ3v) is 6.76. The van der Waals surface area contributed by atoms with Gasteiger partial charge in [0.05, 0.1) is 6.04 Å². The lowest BCUT2D eigenvalue weighted by Crippen LogP contribution is -2.50. The Balaban J connectivity index is 1.20. The Morgan fingerprint density at radius 2 is 1.26 bits per heavy atom. The summed E-state index contributed by atoms with van der Waals surface area (Å²) in [5, 5.41) is 12.8. The third kappa shape index (κ3) is 6.53. The molecule has 1 aliphatic heterocycles. The van der Waals surface area contributed by atoms with Crippen molar-refractivity contribution in [3.05, 3.63) is 138 Å². The molecule has 1 aliphatic rings. The van der Waals surface area contributed by atoms with Crippen LogP contribution < -0.4 is 10.1 Å². The number of carbonyl (C=O) groups excluding carboxylic acids is 1. The summed E-state index contributed by atoms with van der Waals surface area (Å²) in [5.74, 6) is 1.20. The maximum absolute atomic E-state index is 13.2. The highest BCUT2D eigenvalue weighted by Gasteiger charge is 2.29. The Morgan fingerprint density at radius 3 is 1.79 bits per heavy atom. The molecule has 1 N–H and O–H groups in total. The number of nitrogens with one attached hydrogen (secondary N) is 1. The maximum Gasteiger partial charge on any atom is 0.266 e. The Hall–Kier alpha value is -4.86. The van der Waals surface area contributed by atoms with E-state index in [0.29, 0.717) is 18.8 Å². The number of para-hydroxylation sites is 1. The Labute approximate surface area is 229 Å². The molecule has 1 heterocycles. The second-order valence-corrected chi connectivity index (χ2v) is 9.31. The van der Waals surface area contributed by atoms with Crippen LogP contribution in [0.4, 0.5) is 5.69 Å². The number of benzene rings is 4. The fraction of sp³-hybridized carbons (Fsp3) is 0.152. The molecule has 0 bridgehead atoms. The van der Waals surface area contributed by atoms with Gasteiger partial charge in [-0.25, -0.2) is 0 Å². The zero-order valence-corrected chi connectivity index (χ0v) is 21.6. The first-order valence-corrected chi connectivity index (χ1v) is 13.0. The van der Waals surface area contributed by atoms with Crippen molar-refractivity contribution in [1.29, 1.82) is 5.26 Å². The van der Waals surface area contributed by atoms with Gasteiger partial charge in [0.2, 0.25) is 0 Å². The van der Waals surface area contributed by atoms with Crippen molar-refractivity contribution in [1.82, 2.24) is 9.80 Å². The molecule has 1 saturated heterocycles. The lowest BCUT2D eigenvalue weighted by molar-refractivity contribution is -0.128. The van der Waals surface area contributed by atoms with Crippen LogP contribution in [-0.2, 0) is 4.79 Å². The van der Waals surface area contributed by atoms with Crippen LogP contribution in [-0.4, -0.2) is 41.9 Å². The number of anilines is 1. The summed E-state index contributed by atoms with van der Waals surface area (Å²) in [7, 11) is 0. The molecule has 5 rings (SSSR count). The molecule has 0 unspecified atom stereocenters. The van der Waals surface area contributed by atoms with Crippen molar-refractivity contribution in [2.75, 3.05) is 31.5 Å². The number of hydrogen-bond acceptors (Lipinski definition) is 5. The largest absolute Gasteiger partial charge is 0.457 e. The first-order chi connectivity index (χ1) is 19.2. The summed E-state index contributed by atoms with van der Waals surface area (Å²) in [6.45, 7) is 2.55. The zero-order chi connectivity index (χ0) is 26.9. The highest BCUT2D eigenvalue weighted by Crippen LogP contribution is 2.29. The maximum atomic E-state index is 13.2. The van der Waals surface area contributed by atoms with Gasteiger partial charge in [-0.1, -0.05) is 78.9 Å².